The molecule has 1 aromatic heterocycles. The number of anilines is 2. The molecule has 6 heteroatoms. The number of aromatic nitrogens is 2. The molecule has 0 saturated carbocycles. The zero-order valence-electron chi connectivity index (χ0n) is 12.0. The summed E-state index contributed by atoms with van der Waals surface area (Å²) in [5.41, 5.74) is 0.917. The lowest BCUT2D eigenvalue weighted by atomic mass is 10.3. The molecule has 0 aliphatic carbocycles. The second-order valence-electron chi connectivity index (χ2n) is 4.46. The van der Waals surface area contributed by atoms with Crippen molar-refractivity contribution >= 4 is 23.5 Å². The van der Waals surface area contributed by atoms with E-state index >= 15 is 0 Å². The minimum Gasteiger partial charge on any atom is -0.497 e. The molecule has 1 heterocycles. The van der Waals surface area contributed by atoms with Gasteiger partial charge in [-0.05, 0) is 36.4 Å². The third-order valence-corrected chi connectivity index (χ3v) is 3.91. The maximum absolute atomic E-state index is 5.58. The lowest BCUT2D eigenvalue weighted by molar-refractivity contribution is 0.414. The highest BCUT2D eigenvalue weighted by Gasteiger charge is 2.07. The van der Waals surface area contributed by atoms with E-state index in [1.165, 1.54) is 0 Å². The van der Waals surface area contributed by atoms with Crippen molar-refractivity contribution in [1.82, 2.24) is 10.2 Å². The normalized spacial score (nSPS) is 10.4. The van der Waals surface area contributed by atoms with Crippen molar-refractivity contribution in [3.8, 4) is 5.75 Å². The Kier molecular flexibility index (Phi) is 4.60. The van der Waals surface area contributed by atoms with Gasteiger partial charge in [-0.3, -0.25) is 0 Å². The van der Waals surface area contributed by atoms with E-state index in [4.69, 9.17) is 9.15 Å². The molecule has 0 amide bonds. The molecule has 2 aromatic carbocycles. The number of nitrogens with zero attached hydrogens (tertiary/aromatic N) is 2. The third-order valence-electron chi connectivity index (χ3n) is 2.91. The first-order valence-electron chi connectivity index (χ1n) is 6.75. The Bertz CT molecular complexity index is 714. The summed E-state index contributed by atoms with van der Waals surface area (Å²) in [7, 11) is 1.65. The number of ether oxygens (including phenoxy) is 1. The fourth-order valence-corrected chi connectivity index (χ4v) is 2.56. The van der Waals surface area contributed by atoms with Crippen molar-refractivity contribution in [3.05, 3.63) is 60.5 Å². The number of rotatable bonds is 6. The molecular formula is C16H15N3O2S. The fourth-order valence-electron chi connectivity index (χ4n) is 1.82. The van der Waals surface area contributed by atoms with Crippen LogP contribution in [0.3, 0.4) is 0 Å². The molecule has 1 N–H and O–H groups in total. The van der Waals surface area contributed by atoms with Gasteiger partial charge in [0.05, 0.1) is 12.9 Å². The quantitative estimate of drug-likeness (QED) is 0.691. The molecule has 3 aromatic rings. The van der Waals surface area contributed by atoms with Crippen LogP contribution in [0.4, 0.5) is 11.7 Å². The summed E-state index contributed by atoms with van der Waals surface area (Å²) in [5.74, 6) is 2.05. The van der Waals surface area contributed by atoms with Gasteiger partial charge in [0.2, 0.25) is 5.89 Å². The van der Waals surface area contributed by atoms with Crippen LogP contribution in [0.5, 0.6) is 5.75 Å². The van der Waals surface area contributed by atoms with Crippen molar-refractivity contribution in [1.29, 1.82) is 0 Å². The monoisotopic (exact) mass is 313 g/mol. The van der Waals surface area contributed by atoms with Gasteiger partial charge in [0.25, 0.3) is 0 Å². The summed E-state index contributed by atoms with van der Waals surface area (Å²) < 4.78 is 10.7. The van der Waals surface area contributed by atoms with E-state index in [1.54, 1.807) is 18.9 Å². The number of methoxy groups -OCH3 is 1. The van der Waals surface area contributed by atoms with Crippen LogP contribution < -0.4 is 10.1 Å². The van der Waals surface area contributed by atoms with Gasteiger partial charge in [0.15, 0.2) is 0 Å². The number of hydrogen-bond acceptors (Lipinski definition) is 6. The molecule has 5 nitrogen and oxygen atoms in total. The Morgan fingerprint density at radius 1 is 1.05 bits per heavy atom. The van der Waals surface area contributed by atoms with Crippen LogP contribution in [-0.2, 0) is 5.75 Å². The van der Waals surface area contributed by atoms with E-state index in [1.807, 2.05) is 54.6 Å². The zero-order chi connectivity index (χ0) is 15.2. The topological polar surface area (TPSA) is 60.2 Å². The second-order valence-corrected chi connectivity index (χ2v) is 5.50. The highest BCUT2D eigenvalue weighted by Crippen LogP contribution is 2.25. The summed E-state index contributed by atoms with van der Waals surface area (Å²) in [6.07, 6.45) is 0. The Balaban J connectivity index is 1.57. The van der Waals surface area contributed by atoms with Crippen molar-refractivity contribution < 1.29 is 9.15 Å². The first kappa shape index (κ1) is 14.5. The first-order chi connectivity index (χ1) is 10.8. The summed E-state index contributed by atoms with van der Waals surface area (Å²) in [6, 6.07) is 18.0. The average molecular weight is 313 g/mol. The van der Waals surface area contributed by atoms with Crippen LogP contribution in [0.2, 0.25) is 0 Å². The van der Waals surface area contributed by atoms with Crippen LogP contribution >= 0.6 is 11.8 Å². The molecule has 0 bridgehead atoms. The molecular weight excluding hydrogens is 298 g/mol. The standard InChI is InChI=1S/C16H15N3O2S/c1-20-13-7-9-14(10-8-13)22-11-15-18-19-16(21-15)17-12-5-3-2-4-6-12/h2-10H,11H2,1H3,(H,17,19). The predicted molar refractivity (Wildman–Crippen MR) is 86.6 cm³/mol. The molecule has 112 valence electrons. The minimum absolute atomic E-state index is 0.400. The maximum atomic E-state index is 5.58. The molecule has 0 spiro atoms. The molecule has 0 unspecified atom stereocenters. The lowest BCUT2D eigenvalue weighted by Crippen LogP contribution is -1.88. The largest absolute Gasteiger partial charge is 0.497 e. The van der Waals surface area contributed by atoms with E-state index in [0.29, 0.717) is 17.7 Å². The number of thioether (sulfide) groups is 1. The second kappa shape index (κ2) is 7.00. The Morgan fingerprint density at radius 3 is 2.55 bits per heavy atom. The molecule has 0 aliphatic heterocycles. The number of nitrogens with one attached hydrogen (secondary N) is 1. The van der Waals surface area contributed by atoms with Crippen molar-refractivity contribution in [3.63, 3.8) is 0 Å². The third kappa shape index (κ3) is 3.79. The molecule has 0 fully saturated rings. The van der Waals surface area contributed by atoms with Gasteiger partial charge < -0.3 is 14.5 Å². The Morgan fingerprint density at radius 2 is 1.82 bits per heavy atom. The van der Waals surface area contributed by atoms with Crippen LogP contribution in [0.15, 0.2) is 63.9 Å². The zero-order valence-corrected chi connectivity index (χ0v) is 12.8. The maximum Gasteiger partial charge on any atom is 0.320 e. The number of hydrogen-bond donors (Lipinski definition) is 1. The number of benzene rings is 2. The minimum atomic E-state index is 0.400. The van der Waals surface area contributed by atoms with Crippen molar-refractivity contribution in [2.24, 2.45) is 0 Å². The summed E-state index contributed by atoms with van der Waals surface area (Å²) in [4.78, 5) is 1.12. The molecule has 0 saturated heterocycles. The predicted octanol–water partition coefficient (Wildman–Crippen LogP) is 4.11. The van der Waals surface area contributed by atoms with Crippen LogP contribution in [0.25, 0.3) is 0 Å². The number of para-hydroxylation sites is 1. The highest BCUT2D eigenvalue weighted by molar-refractivity contribution is 7.98. The summed E-state index contributed by atoms with van der Waals surface area (Å²) in [5, 5.41) is 11.1. The van der Waals surface area contributed by atoms with Gasteiger partial charge in [0.1, 0.15) is 5.75 Å². The molecule has 0 atom stereocenters. The van der Waals surface area contributed by atoms with E-state index in [2.05, 4.69) is 15.5 Å². The van der Waals surface area contributed by atoms with Crippen molar-refractivity contribution in [2.45, 2.75) is 10.6 Å². The van der Waals surface area contributed by atoms with Gasteiger partial charge in [0, 0.05) is 10.6 Å². The van der Waals surface area contributed by atoms with Crippen LogP contribution in [0.1, 0.15) is 5.89 Å². The van der Waals surface area contributed by atoms with Gasteiger partial charge >= 0.3 is 6.01 Å². The summed E-state index contributed by atoms with van der Waals surface area (Å²) in [6.45, 7) is 0. The van der Waals surface area contributed by atoms with E-state index in [-0.39, 0.29) is 0 Å². The van der Waals surface area contributed by atoms with E-state index < -0.39 is 0 Å². The molecule has 0 aliphatic rings. The lowest BCUT2D eigenvalue weighted by Gasteiger charge is -2.01. The van der Waals surface area contributed by atoms with Crippen LogP contribution in [-0.4, -0.2) is 17.3 Å². The molecule has 0 radical (unpaired) electrons. The van der Waals surface area contributed by atoms with E-state index in [0.717, 1.165) is 16.3 Å². The molecule has 22 heavy (non-hydrogen) atoms. The SMILES string of the molecule is COc1ccc(SCc2nnc(Nc3ccccc3)o2)cc1. The van der Waals surface area contributed by atoms with Gasteiger partial charge in [-0.1, -0.05) is 23.3 Å². The van der Waals surface area contributed by atoms with Crippen molar-refractivity contribution in [2.75, 3.05) is 12.4 Å². The average Bonchev–Trinajstić information content (AvgIpc) is 3.02. The highest BCUT2D eigenvalue weighted by atomic mass is 32.2. The van der Waals surface area contributed by atoms with Gasteiger partial charge in [-0.15, -0.1) is 16.9 Å². The Hall–Kier alpha value is -2.47. The molecule has 3 rings (SSSR count). The fraction of sp³-hybridized carbons (Fsp3) is 0.125. The Labute approximate surface area is 132 Å². The first-order valence-corrected chi connectivity index (χ1v) is 7.73. The van der Waals surface area contributed by atoms with Crippen LogP contribution in [0, 0.1) is 0 Å². The summed E-state index contributed by atoms with van der Waals surface area (Å²) >= 11 is 1.63. The van der Waals surface area contributed by atoms with Gasteiger partial charge in [-0.2, -0.15) is 0 Å². The van der Waals surface area contributed by atoms with Gasteiger partial charge in [-0.25, -0.2) is 0 Å². The smallest absolute Gasteiger partial charge is 0.320 e. The van der Waals surface area contributed by atoms with E-state index in [9.17, 15) is 0 Å².